The number of piperidine rings is 1. The molecule has 1 saturated carbocycles. The molecule has 0 unspecified atom stereocenters. The zero-order valence-corrected chi connectivity index (χ0v) is 18.6. The molecule has 0 radical (unpaired) electrons. The third-order valence-corrected chi connectivity index (χ3v) is 8.37. The Morgan fingerprint density at radius 2 is 2.00 bits per heavy atom. The second-order valence-corrected chi connectivity index (χ2v) is 10.2. The van der Waals surface area contributed by atoms with Gasteiger partial charge in [0.15, 0.2) is 0 Å². The van der Waals surface area contributed by atoms with Crippen molar-refractivity contribution < 1.29 is 9.72 Å². The van der Waals surface area contributed by atoms with Crippen LogP contribution in [0.3, 0.4) is 0 Å². The van der Waals surface area contributed by atoms with E-state index in [1.807, 2.05) is 0 Å². The van der Waals surface area contributed by atoms with Gasteiger partial charge in [-0.3, -0.25) is 4.90 Å². The number of rotatable bonds is 5. The Balaban J connectivity index is 1.33. The monoisotopic (exact) mass is 431 g/mol. The van der Waals surface area contributed by atoms with Crippen LogP contribution in [0.5, 0.6) is 5.75 Å². The van der Waals surface area contributed by atoms with E-state index in [0.717, 1.165) is 35.9 Å². The van der Waals surface area contributed by atoms with E-state index < -0.39 is 0 Å². The van der Waals surface area contributed by atoms with E-state index in [1.54, 1.807) is 18.3 Å². The molecule has 1 aromatic heterocycles. The van der Waals surface area contributed by atoms with E-state index in [2.05, 4.69) is 37.2 Å². The standard InChI is InChI=1S/C22H30N4OS2/c1-2-6-16(7-3-1)19-8-4-5-12-26(19)20-11-13-27-21-14-17(9-10-18(20)21)28-25-22-23-15-24-29-22/h9-10,14-16,19-20H,1-8,11-13H2,(H,23,24,25)/p+1/t19-,20+/m1/s1. The number of ether oxygens (including phenoxy) is 1. The van der Waals surface area contributed by atoms with Crippen molar-refractivity contribution in [2.75, 3.05) is 17.9 Å². The molecule has 5 nitrogen and oxygen atoms in total. The fraction of sp³-hybridized carbons (Fsp3) is 0.636. The van der Waals surface area contributed by atoms with E-state index in [4.69, 9.17) is 4.74 Å². The predicted octanol–water partition coefficient (Wildman–Crippen LogP) is 5.33. The van der Waals surface area contributed by atoms with Crippen molar-refractivity contribution in [1.82, 2.24) is 9.27 Å². The van der Waals surface area contributed by atoms with Crippen molar-refractivity contribution in [2.45, 2.75) is 74.8 Å². The Morgan fingerprint density at radius 3 is 2.86 bits per heavy atom. The maximum atomic E-state index is 6.12. The first-order valence-corrected chi connectivity index (χ1v) is 12.8. The van der Waals surface area contributed by atoms with Gasteiger partial charge in [0.05, 0.1) is 18.6 Å². The van der Waals surface area contributed by atoms with Crippen LogP contribution < -0.4 is 14.4 Å². The Kier molecular flexibility index (Phi) is 6.25. The third kappa shape index (κ3) is 4.42. The maximum Gasteiger partial charge on any atom is 0.322 e. The number of fused-ring (bicyclic) bond motifs is 1. The van der Waals surface area contributed by atoms with E-state index in [1.165, 1.54) is 79.9 Å². The summed E-state index contributed by atoms with van der Waals surface area (Å²) in [6, 6.07) is 8.05. The summed E-state index contributed by atoms with van der Waals surface area (Å²) in [6.07, 6.45) is 14.2. The molecule has 2 aliphatic heterocycles. The van der Waals surface area contributed by atoms with Crippen molar-refractivity contribution in [2.24, 2.45) is 5.92 Å². The molecule has 3 heterocycles. The highest BCUT2D eigenvalue weighted by molar-refractivity contribution is 8.00. The lowest BCUT2D eigenvalue weighted by Gasteiger charge is -2.47. The molecule has 156 valence electrons. The molecule has 2 N–H and O–H groups in total. The van der Waals surface area contributed by atoms with Crippen LogP contribution in [0.15, 0.2) is 29.4 Å². The smallest absolute Gasteiger partial charge is 0.322 e. The number of likely N-dealkylation sites (tertiary alicyclic amines) is 1. The van der Waals surface area contributed by atoms with Crippen LogP contribution in [0.2, 0.25) is 0 Å². The molecule has 1 aliphatic carbocycles. The van der Waals surface area contributed by atoms with Gasteiger partial charge in [-0.25, -0.2) is 9.71 Å². The van der Waals surface area contributed by atoms with Crippen LogP contribution in [0.1, 0.15) is 69.4 Å². The van der Waals surface area contributed by atoms with Crippen LogP contribution in [0.4, 0.5) is 5.13 Å². The van der Waals surface area contributed by atoms with Crippen molar-refractivity contribution in [1.29, 1.82) is 0 Å². The number of hydrogen-bond acceptors (Lipinski definition) is 6. The Bertz CT molecular complexity index is 794. The minimum Gasteiger partial charge on any atom is -0.493 e. The first-order valence-electron chi connectivity index (χ1n) is 11.2. The molecule has 5 rings (SSSR count). The minimum absolute atomic E-state index is 0.521. The van der Waals surface area contributed by atoms with Crippen LogP contribution in [-0.4, -0.2) is 28.5 Å². The van der Waals surface area contributed by atoms with Crippen molar-refractivity contribution in [3.05, 3.63) is 30.1 Å². The fourth-order valence-electron chi connectivity index (χ4n) is 5.49. The molecular weight excluding hydrogens is 400 g/mol. The average Bonchev–Trinajstić information content (AvgIpc) is 3.31. The molecule has 7 heteroatoms. The largest absolute Gasteiger partial charge is 0.493 e. The quantitative estimate of drug-likeness (QED) is 0.648. The normalized spacial score (nSPS) is 25.9. The molecule has 29 heavy (non-hydrogen) atoms. The summed E-state index contributed by atoms with van der Waals surface area (Å²) in [6.45, 7) is 2.08. The van der Waals surface area contributed by atoms with Gasteiger partial charge in [-0.1, -0.05) is 31.7 Å². The van der Waals surface area contributed by atoms with Crippen LogP contribution >= 0.6 is 23.5 Å². The molecule has 0 bridgehead atoms. The molecule has 0 spiro atoms. The first kappa shape index (κ1) is 19.6. The predicted molar refractivity (Wildman–Crippen MR) is 118 cm³/mol. The van der Waals surface area contributed by atoms with Gasteiger partial charge in [-0.15, -0.1) is 0 Å². The summed E-state index contributed by atoms with van der Waals surface area (Å²) < 4.78 is 13.5. The van der Waals surface area contributed by atoms with Gasteiger partial charge in [0.2, 0.25) is 6.33 Å². The fourth-order valence-corrected chi connectivity index (χ4v) is 6.66. The van der Waals surface area contributed by atoms with Gasteiger partial charge < -0.3 is 4.74 Å². The number of H-pyrrole nitrogens is 1. The summed E-state index contributed by atoms with van der Waals surface area (Å²) in [4.78, 5) is 7.14. The lowest BCUT2D eigenvalue weighted by atomic mass is 9.78. The number of nitrogens with one attached hydrogen (secondary N) is 2. The molecule has 1 saturated heterocycles. The number of benzene rings is 1. The first-order chi connectivity index (χ1) is 14.4. The summed E-state index contributed by atoms with van der Waals surface area (Å²) in [5.41, 5.74) is 1.40. The molecule has 2 atom stereocenters. The van der Waals surface area contributed by atoms with E-state index in [0.29, 0.717) is 6.04 Å². The molecule has 2 aromatic rings. The highest BCUT2D eigenvalue weighted by Crippen LogP contribution is 2.43. The van der Waals surface area contributed by atoms with E-state index >= 15 is 0 Å². The summed E-state index contributed by atoms with van der Waals surface area (Å²) in [5.74, 6) is 1.99. The third-order valence-electron chi connectivity index (χ3n) is 6.83. The van der Waals surface area contributed by atoms with Gasteiger partial charge in [0.25, 0.3) is 0 Å². The maximum absolute atomic E-state index is 6.12. The second kappa shape index (κ2) is 9.23. The van der Waals surface area contributed by atoms with E-state index in [-0.39, 0.29) is 0 Å². The summed E-state index contributed by atoms with van der Waals surface area (Å²) >= 11 is 3.03. The highest BCUT2D eigenvalue weighted by Gasteiger charge is 2.37. The topological polar surface area (TPSA) is 51.5 Å². The number of nitrogens with zero attached hydrogens (tertiary/aromatic N) is 2. The summed E-state index contributed by atoms with van der Waals surface area (Å²) in [5, 5.41) is 0.954. The van der Waals surface area contributed by atoms with Crippen LogP contribution in [0, 0.1) is 5.92 Å². The van der Waals surface area contributed by atoms with Gasteiger partial charge >= 0.3 is 5.13 Å². The summed E-state index contributed by atoms with van der Waals surface area (Å²) in [7, 11) is 0. The van der Waals surface area contributed by atoms with Gasteiger partial charge in [0, 0.05) is 29.0 Å². The molecule has 0 amide bonds. The van der Waals surface area contributed by atoms with Crippen LogP contribution in [0.25, 0.3) is 0 Å². The van der Waals surface area contributed by atoms with Gasteiger partial charge in [-0.2, -0.15) is 0 Å². The zero-order chi connectivity index (χ0) is 19.5. The highest BCUT2D eigenvalue weighted by atomic mass is 32.2. The van der Waals surface area contributed by atoms with Gasteiger partial charge in [0.1, 0.15) is 17.3 Å². The van der Waals surface area contributed by atoms with Crippen molar-refractivity contribution in [3.63, 3.8) is 0 Å². The van der Waals surface area contributed by atoms with Crippen LogP contribution in [-0.2, 0) is 0 Å². The lowest BCUT2D eigenvalue weighted by molar-refractivity contribution is -0.357. The Hall–Kier alpha value is -1.31. The van der Waals surface area contributed by atoms with Crippen molar-refractivity contribution >= 4 is 28.6 Å². The van der Waals surface area contributed by atoms with Gasteiger partial charge in [-0.05, 0) is 54.7 Å². The molecule has 1 aromatic carbocycles. The molecule has 2 fully saturated rings. The Morgan fingerprint density at radius 1 is 1.10 bits per heavy atom. The average molecular weight is 432 g/mol. The number of aromatic amines is 1. The number of aromatic nitrogens is 2. The Labute approximate surface area is 181 Å². The number of hydrogen-bond donors (Lipinski definition) is 1. The number of anilines is 1. The lowest BCUT2D eigenvalue weighted by Crippen LogP contribution is -2.47. The second-order valence-electron chi connectivity index (χ2n) is 8.55. The molecular formula is C22H31N4OS2+. The van der Waals surface area contributed by atoms with E-state index in [9.17, 15) is 0 Å². The minimum atomic E-state index is 0.521. The SMILES string of the molecule is c1nsc(NSc2ccc3c(c2)OCC[C@@H]3N2CCCC[C@@H]2C2CCCCC2)[nH+]1. The molecule has 3 aliphatic rings. The zero-order valence-electron chi connectivity index (χ0n) is 16.9. The van der Waals surface area contributed by atoms with Crippen molar-refractivity contribution in [3.8, 4) is 5.75 Å².